The fourth-order valence-electron chi connectivity index (χ4n) is 1.83. The standard InChI is InChI=1S/C14H18N2S/c1-2-12-5-3-8-16-14(12)11-15-9-7-13-6-4-10-17-13/h3-6,8,10,15H,2,7,9,11H2,1H3. The summed E-state index contributed by atoms with van der Waals surface area (Å²) in [5, 5.41) is 5.59. The highest BCUT2D eigenvalue weighted by molar-refractivity contribution is 7.09. The molecule has 0 radical (unpaired) electrons. The smallest absolute Gasteiger partial charge is 0.0573 e. The van der Waals surface area contributed by atoms with Crippen molar-refractivity contribution in [3.05, 3.63) is 52.0 Å². The molecular formula is C14H18N2S. The Morgan fingerprint density at radius 1 is 1.29 bits per heavy atom. The highest BCUT2D eigenvalue weighted by Gasteiger charge is 2.00. The molecule has 3 heteroatoms. The van der Waals surface area contributed by atoms with E-state index in [9.17, 15) is 0 Å². The summed E-state index contributed by atoms with van der Waals surface area (Å²) in [6, 6.07) is 8.45. The fourth-order valence-corrected chi connectivity index (χ4v) is 2.53. The van der Waals surface area contributed by atoms with Crippen molar-refractivity contribution in [1.29, 1.82) is 0 Å². The second kappa shape index (κ2) is 6.52. The van der Waals surface area contributed by atoms with Crippen molar-refractivity contribution in [3.63, 3.8) is 0 Å². The molecule has 0 aliphatic heterocycles. The van der Waals surface area contributed by atoms with Crippen LogP contribution in [0.25, 0.3) is 0 Å². The zero-order valence-corrected chi connectivity index (χ0v) is 11.0. The molecule has 0 atom stereocenters. The lowest BCUT2D eigenvalue weighted by Crippen LogP contribution is -2.18. The van der Waals surface area contributed by atoms with Crippen LogP contribution in [0.4, 0.5) is 0 Å². The minimum absolute atomic E-state index is 0.870. The van der Waals surface area contributed by atoms with Gasteiger partial charge in [0.05, 0.1) is 5.69 Å². The number of hydrogen-bond acceptors (Lipinski definition) is 3. The van der Waals surface area contributed by atoms with E-state index in [1.807, 2.05) is 23.6 Å². The third-order valence-electron chi connectivity index (χ3n) is 2.79. The van der Waals surface area contributed by atoms with E-state index < -0.39 is 0 Å². The predicted molar refractivity (Wildman–Crippen MR) is 73.3 cm³/mol. The number of rotatable bonds is 6. The number of aromatic nitrogens is 1. The first kappa shape index (κ1) is 12.3. The van der Waals surface area contributed by atoms with Crippen LogP contribution in [0.2, 0.25) is 0 Å². The van der Waals surface area contributed by atoms with Gasteiger partial charge in [0.1, 0.15) is 0 Å². The van der Waals surface area contributed by atoms with Gasteiger partial charge in [-0.25, -0.2) is 0 Å². The Bertz CT molecular complexity index is 437. The van der Waals surface area contributed by atoms with Gasteiger partial charge in [0, 0.05) is 24.2 Å². The first-order valence-electron chi connectivity index (χ1n) is 6.06. The molecule has 1 N–H and O–H groups in total. The molecule has 0 saturated heterocycles. The van der Waals surface area contributed by atoms with Crippen molar-refractivity contribution in [2.75, 3.05) is 6.54 Å². The van der Waals surface area contributed by atoms with Crippen LogP contribution >= 0.6 is 11.3 Å². The van der Waals surface area contributed by atoms with Gasteiger partial charge in [0.15, 0.2) is 0 Å². The summed E-state index contributed by atoms with van der Waals surface area (Å²) in [5.74, 6) is 0. The summed E-state index contributed by atoms with van der Waals surface area (Å²) in [6.07, 6.45) is 4.02. The van der Waals surface area contributed by atoms with E-state index in [4.69, 9.17) is 0 Å². The van der Waals surface area contributed by atoms with E-state index in [1.54, 1.807) is 0 Å². The normalized spacial score (nSPS) is 10.6. The van der Waals surface area contributed by atoms with Crippen molar-refractivity contribution in [2.45, 2.75) is 26.3 Å². The largest absolute Gasteiger partial charge is 0.311 e. The summed E-state index contributed by atoms with van der Waals surface area (Å²) < 4.78 is 0. The number of nitrogens with one attached hydrogen (secondary N) is 1. The Balaban J connectivity index is 1.78. The highest BCUT2D eigenvalue weighted by atomic mass is 32.1. The molecule has 2 aromatic rings. The summed E-state index contributed by atoms with van der Waals surface area (Å²) >= 11 is 1.82. The summed E-state index contributed by atoms with van der Waals surface area (Å²) in [7, 11) is 0. The molecule has 0 aliphatic rings. The lowest BCUT2D eigenvalue weighted by atomic mass is 10.1. The second-order valence-corrected chi connectivity index (χ2v) is 5.00. The minimum Gasteiger partial charge on any atom is -0.311 e. The van der Waals surface area contributed by atoms with Crippen LogP contribution in [0.5, 0.6) is 0 Å². The molecule has 0 amide bonds. The van der Waals surface area contributed by atoms with E-state index >= 15 is 0 Å². The van der Waals surface area contributed by atoms with Crippen LogP contribution in [-0.4, -0.2) is 11.5 Å². The predicted octanol–water partition coefficient (Wildman–Crippen LogP) is 3.04. The Morgan fingerprint density at radius 3 is 3.00 bits per heavy atom. The van der Waals surface area contributed by atoms with E-state index in [0.717, 1.165) is 25.9 Å². The van der Waals surface area contributed by atoms with Crippen LogP contribution in [0.1, 0.15) is 23.1 Å². The zero-order valence-electron chi connectivity index (χ0n) is 10.1. The topological polar surface area (TPSA) is 24.9 Å². The Hall–Kier alpha value is -1.19. The Labute approximate surface area is 107 Å². The Kier molecular flexibility index (Phi) is 4.71. The molecule has 2 heterocycles. The molecule has 0 saturated carbocycles. The molecule has 17 heavy (non-hydrogen) atoms. The molecule has 0 spiro atoms. The molecular weight excluding hydrogens is 228 g/mol. The number of nitrogens with zero attached hydrogens (tertiary/aromatic N) is 1. The Morgan fingerprint density at radius 2 is 2.24 bits per heavy atom. The number of thiophene rings is 1. The highest BCUT2D eigenvalue weighted by Crippen LogP contribution is 2.09. The van der Waals surface area contributed by atoms with Crippen molar-refractivity contribution in [3.8, 4) is 0 Å². The molecule has 0 aliphatic carbocycles. The molecule has 90 valence electrons. The maximum Gasteiger partial charge on any atom is 0.0573 e. The maximum atomic E-state index is 4.42. The van der Waals surface area contributed by atoms with Crippen LogP contribution in [0, 0.1) is 0 Å². The zero-order chi connectivity index (χ0) is 11.9. The third kappa shape index (κ3) is 3.65. The van der Waals surface area contributed by atoms with E-state index in [2.05, 4.69) is 40.8 Å². The van der Waals surface area contributed by atoms with Gasteiger partial charge in [-0.2, -0.15) is 0 Å². The van der Waals surface area contributed by atoms with Crippen molar-refractivity contribution in [1.82, 2.24) is 10.3 Å². The lowest BCUT2D eigenvalue weighted by molar-refractivity contribution is 0.672. The van der Waals surface area contributed by atoms with Gasteiger partial charge in [0.2, 0.25) is 0 Å². The first-order valence-corrected chi connectivity index (χ1v) is 6.94. The van der Waals surface area contributed by atoms with Crippen LogP contribution in [-0.2, 0) is 19.4 Å². The number of aryl methyl sites for hydroxylation is 1. The van der Waals surface area contributed by atoms with Crippen LogP contribution in [0.3, 0.4) is 0 Å². The molecule has 0 unspecified atom stereocenters. The molecule has 2 aromatic heterocycles. The van der Waals surface area contributed by atoms with Gasteiger partial charge in [-0.05, 0) is 35.9 Å². The van der Waals surface area contributed by atoms with Gasteiger partial charge < -0.3 is 5.32 Å². The number of hydrogen-bond donors (Lipinski definition) is 1. The van der Waals surface area contributed by atoms with Crippen molar-refractivity contribution >= 4 is 11.3 Å². The molecule has 0 bridgehead atoms. The molecule has 0 fully saturated rings. The summed E-state index contributed by atoms with van der Waals surface area (Å²) in [4.78, 5) is 5.86. The van der Waals surface area contributed by atoms with Gasteiger partial charge in [-0.15, -0.1) is 11.3 Å². The van der Waals surface area contributed by atoms with Crippen molar-refractivity contribution < 1.29 is 0 Å². The van der Waals surface area contributed by atoms with Gasteiger partial charge in [-0.1, -0.05) is 19.1 Å². The average Bonchev–Trinajstić information content (AvgIpc) is 2.88. The summed E-state index contributed by atoms with van der Waals surface area (Å²) in [5.41, 5.74) is 2.53. The lowest BCUT2D eigenvalue weighted by Gasteiger charge is -2.07. The number of pyridine rings is 1. The third-order valence-corrected chi connectivity index (χ3v) is 3.72. The minimum atomic E-state index is 0.870. The van der Waals surface area contributed by atoms with E-state index in [-0.39, 0.29) is 0 Å². The SMILES string of the molecule is CCc1cccnc1CNCCc1cccs1. The molecule has 2 nitrogen and oxygen atoms in total. The van der Waals surface area contributed by atoms with Crippen LogP contribution in [0.15, 0.2) is 35.8 Å². The molecule has 2 rings (SSSR count). The fraction of sp³-hybridized carbons (Fsp3) is 0.357. The van der Waals surface area contributed by atoms with Gasteiger partial charge in [0.25, 0.3) is 0 Å². The second-order valence-electron chi connectivity index (χ2n) is 3.97. The van der Waals surface area contributed by atoms with Crippen molar-refractivity contribution in [2.24, 2.45) is 0 Å². The average molecular weight is 246 g/mol. The van der Waals surface area contributed by atoms with Gasteiger partial charge >= 0.3 is 0 Å². The van der Waals surface area contributed by atoms with Gasteiger partial charge in [-0.3, -0.25) is 4.98 Å². The monoisotopic (exact) mass is 246 g/mol. The van der Waals surface area contributed by atoms with E-state index in [1.165, 1.54) is 16.1 Å². The van der Waals surface area contributed by atoms with Crippen LogP contribution < -0.4 is 5.32 Å². The quantitative estimate of drug-likeness (QED) is 0.792. The van der Waals surface area contributed by atoms with E-state index in [0.29, 0.717) is 0 Å². The molecule has 0 aromatic carbocycles. The first-order chi connectivity index (χ1) is 8.40. The summed E-state index contributed by atoms with van der Waals surface area (Å²) in [6.45, 7) is 4.06. The maximum absolute atomic E-state index is 4.42.